The molecule has 20 heavy (non-hydrogen) atoms. The molecule has 0 radical (unpaired) electrons. The van der Waals surface area contributed by atoms with Crippen molar-refractivity contribution >= 4 is 13.3 Å². The highest BCUT2D eigenvalue weighted by Crippen LogP contribution is 2.29. The van der Waals surface area contributed by atoms with Crippen molar-refractivity contribution in [1.82, 2.24) is 0 Å². The summed E-state index contributed by atoms with van der Waals surface area (Å²) in [6.07, 6.45) is 0.822. The minimum atomic E-state index is -1.48. The lowest BCUT2D eigenvalue weighted by molar-refractivity contribution is -0.0890. The normalized spacial score (nSPS) is 27.8. The standard InChI is InChI=1S/C17H28O2Si/c1-13(2)16-11-19-14(10-17(16)18)12-20(3,4)15-8-6-5-7-9-15/h5-9,13-14,16-18H,10-12H2,1-4H3/t14-,16+,17-/m0/s1. The summed E-state index contributed by atoms with van der Waals surface area (Å²) in [6.45, 7) is 9.84. The van der Waals surface area contributed by atoms with Crippen molar-refractivity contribution in [3.63, 3.8) is 0 Å². The van der Waals surface area contributed by atoms with Gasteiger partial charge in [-0.25, -0.2) is 0 Å². The fourth-order valence-electron chi connectivity index (χ4n) is 3.23. The summed E-state index contributed by atoms with van der Waals surface area (Å²) in [5.74, 6) is 0.790. The van der Waals surface area contributed by atoms with Crippen LogP contribution in [0.15, 0.2) is 30.3 Å². The van der Waals surface area contributed by atoms with Crippen LogP contribution in [0.4, 0.5) is 0 Å². The predicted octanol–water partition coefficient (Wildman–Crippen LogP) is 3.02. The lowest BCUT2D eigenvalue weighted by Crippen LogP contribution is -2.48. The van der Waals surface area contributed by atoms with Crippen LogP contribution in [-0.2, 0) is 4.74 Å². The van der Waals surface area contributed by atoms with Crippen molar-refractivity contribution in [2.45, 2.75) is 51.6 Å². The average molecular weight is 292 g/mol. The van der Waals surface area contributed by atoms with Crippen LogP contribution in [0.25, 0.3) is 0 Å². The first-order valence-electron chi connectivity index (χ1n) is 7.75. The van der Waals surface area contributed by atoms with Gasteiger partial charge in [-0.3, -0.25) is 0 Å². The van der Waals surface area contributed by atoms with Crippen molar-refractivity contribution in [3.05, 3.63) is 30.3 Å². The molecule has 2 rings (SSSR count). The first-order valence-corrected chi connectivity index (χ1v) is 11.0. The third kappa shape index (κ3) is 3.71. The largest absolute Gasteiger partial charge is 0.393 e. The maximum Gasteiger partial charge on any atom is 0.0831 e. The Kier molecular flexibility index (Phi) is 5.05. The molecule has 0 unspecified atom stereocenters. The van der Waals surface area contributed by atoms with Gasteiger partial charge in [0.15, 0.2) is 0 Å². The van der Waals surface area contributed by atoms with Gasteiger partial charge >= 0.3 is 0 Å². The van der Waals surface area contributed by atoms with Gasteiger partial charge in [0.2, 0.25) is 0 Å². The van der Waals surface area contributed by atoms with E-state index in [1.807, 2.05) is 0 Å². The third-order valence-electron chi connectivity index (χ3n) is 4.67. The van der Waals surface area contributed by atoms with E-state index in [2.05, 4.69) is 57.3 Å². The topological polar surface area (TPSA) is 29.5 Å². The molecule has 3 atom stereocenters. The molecule has 1 fully saturated rings. The smallest absolute Gasteiger partial charge is 0.0831 e. The molecule has 1 saturated heterocycles. The molecule has 1 aliphatic rings. The zero-order valence-corrected chi connectivity index (χ0v) is 14.2. The highest BCUT2D eigenvalue weighted by Gasteiger charge is 2.35. The van der Waals surface area contributed by atoms with Crippen LogP contribution in [0.3, 0.4) is 0 Å². The Bertz CT molecular complexity index is 416. The van der Waals surface area contributed by atoms with Gasteiger partial charge < -0.3 is 9.84 Å². The molecule has 0 aliphatic carbocycles. The molecule has 0 aromatic heterocycles. The molecule has 1 aromatic rings. The first-order chi connectivity index (χ1) is 9.40. The summed E-state index contributed by atoms with van der Waals surface area (Å²) in [6, 6.07) is 11.9. The number of ether oxygens (including phenoxy) is 1. The Balaban J connectivity index is 1.98. The minimum absolute atomic E-state index is 0.200. The molecule has 112 valence electrons. The monoisotopic (exact) mass is 292 g/mol. The van der Waals surface area contributed by atoms with Gasteiger partial charge in [0.1, 0.15) is 0 Å². The molecular formula is C17H28O2Si. The third-order valence-corrected chi connectivity index (χ3v) is 8.04. The summed E-state index contributed by atoms with van der Waals surface area (Å²) in [7, 11) is -1.48. The molecule has 1 aromatic carbocycles. The van der Waals surface area contributed by atoms with Crippen LogP contribution >= 0.6 is 0 Å². The summed E-state index contributed by atoms with van der Waals surface area (Å²) >= 11 is 0. The van der Waals surface area contributed by atoms with E-state index < -0.39 is 8.07 Å². The van der Waals surface area contributed by atoms with Crippen molar-refractivity contribution in [2.75, 3.05) is 6.61 Å². The second kappa shape index (κ2) is 6.42. The summed E-state index contributed by atoms with van der Waals surface area (Å²) < 4.78 is 6.05. The van der Waals surface area contributed by atoms with E-state index in [0.29, 0.717) is 18.4 Å². The Hall–Kier alpha value is -0.643. The fraction of sp³-hybridized carbons (Fsp3) is 0.647. The van der Waals surface area contributed by atoms with Gasteiger partial charge in [-0.15, -0.1) is 0 Å². The van der Waals surface area contributed by atoms with Gasteiger partial charge in [0.25, 0.3) is 0 Å². The second-order valence-electron chi connectivity index (χ2n) is 7.12. The van der Waals surface area contributed by atoms with Gasteiger partial charge in [-0.1, -0.05) is 62.5 Å². The van der Waals surface area contributed by atoms with Crippen molar-refractivity contribution < 1.29 is 9.84 Å². The minimum Gasteiger partial charge on any atom is -0.393 e. The first kappa shape index (κ1) is 15.7. The predicted molar refractivity (Wildman–Crippen MR) is 87.1 cm³/mol. The van der Waals surface area contributed by atoms with Gasteiger partial charge in [0, 0.05) is 5.92 Å². The highest BCUT2D eigenvalue weighted by atomic mass is 28.3. The van der Waals surface area contributed by atoms with E-state index in [0.717, 1.165) is 12.5 Å². The van der Waals surface area contributed by atoms with E-state index in [1.54, 1.807) is 0 Å². The number of aliphatic hydroxyl groups is 1. The summed E-state index contributed by atoms with van der Waals surface area (Å²) in [5.41, 5.74) is 0. The lowest BCUT2D eigenvalue weighted by Gasteiger charge is -2.38. The van der Waals surface area contributed by atoms with Crippen LogP contribution in [0.1, 0.15) is 20.3 Å². The lowest BCUT2D eigenvalue weighted by atomic mass is 9.86. The van der Waals surface area contributed by atoms with Crippen LogP contribution < -0.4 is 5.19 Å². The zero-order chi connectivity index (χ0) is 14.8. The molecule has 0 saturated carbocycles. The van der Waals surface area contributed by atoms with Gasteiger partial charge in [0.05, 0.1) is 26.9 Å². The summed E-state index contributed by atoms with van der Waals surface area (Å²) in [5, 5.41) is 11.8. The molecule has 1 N–H and O–H groups in total. The number of aliphatic hydroxyl groups excluding tert-OH is 1. The molecule has 0 amide bonds. The number of hydrogen-bond acceptors (Lipinski definition) is 2. The Labute approximate surface area is 124 Å². The molecule has 3 heteroatoms. The number of hydrogen-bond donors (Lipinski definition) is 1. The number of rotatable bonds is 4. The number of benzene rings is 1. The fourth-order valence-corrected chi connectivity index (χ4v) is 5.98. The molecule has 1 heterocycles. The van der Waals surface area contributed by atoms with E-state index in [-0.39, 0.29) is 12.2 Å². The van der Waals surface area contributed by atoms with E-state index in [4.69, 9.17) is 4.74 Å². The SMILES string of the molecule is CC(C)[C@H]1CO[C@H](C[Si](C)(C)c2ccccc2)C[C@@H]1O. The van der Waals surface area contributed by atoms with Crippen LogP contribution in [0, 0.1) is 11.8 Å². The Morgan fingerprint density at radius 2 is 1.90 bits per heavy atom. The maximum atomic E-state index is 10.3. The van der Waals surface area contributed by atoms with Crippen LogP contribution in [0.5, 0.6) is 0 Å². The quantitative estimate of drug-likeness (QED) is 0.864. The molecule has 0 spiro atoms. The van der Waals surface area contributed by atoms with Crippen LogP contribution in [0.2, 0.25) is 19.1 Å². The molecular weight excluding hydrogens is 264 g/mol. The van der Waals surface area contributed by atoms with Gasteiger partial charge in [-0.05, 0) is 18.4 Å². The Morgan fingerprint density at radius 1 is 1.25 bits per heavy atom. The highest BCUT2D eigenvalue weighted by molar-refractivity contribution is 6.89. The second-order valence-corrected chi connectivity index (χ2v) is 11.9. The maximum absolute atomic E-state index is 10.3. The van der Waals surface area contributed by atoms with Crippen LogP contribution in [-0.4, -0.2) is 32.0 Å². The molecule has 1 aliphatic heterocycles. The zero-order valence-electron chi connectivity index (χ0n) is 13.2. The van der Waals surface area contributed by atoms with E-state index in [1.165, 1.54) is 5.19 Å². The van der Waals surface area contributed by atoms with Crippen molar-refractivity contribution in [1.29, 1.82) is 0 Å². The van der Waals surface area contributed by atoms with E-state index in [9.17, 15) is 5.11 Å². The Morgan fingerprint density at radius 3 is 2.45 bits per heavy atom. The van der Waals surface area contributed by atoms with Crippen molar-refractivity contribution in [2.24, 2.45) is 11.8 Å². The average Bonchev–Trinajstić information content (AvgIpc) is 2.39. The van der Waals surface area contributed by atoms with Gasteiger partial charge in [-0.2, -0.15) is 0 Å². The molecule has 2 nitrogen and oxygen atoms in total. The van der Waals surface area contributed by atoms with Crippen molar-refractivity contribution in [3.8, 4) is 0 Å². The molecule has 0 bridgehead atoms. The summed E-state index contributed by atoms with van der Waals surface area (Å²) in [4.78, 5) is 0. The van der Waals surface area contributed by atoms with E-state index >= 15 is 0 Å².